The largest absolute Gasteiger partial charge is 0.387 e. The van der Waals surface area contributed by atoms with Crippen molar-refractivity contribution < 1.29 is 0 Å². The summed E-state index contributed by atoms with van der Waals surface area (Å²) in [6.45, 7) is 2.99. The number of aliphatic imine (C=N–C) groups is 2. The van der Waals surface area contributed by atoms with Crippen molar-refractivity contribution in [1.29, 1.82) is 0 Å². The Morgan fingerprint density at radius 3 is 2.29 bits per heavy atom. The summed E-state index contributed by atoms with van der Waals surface area (Å²) in [7, 11) is 1.70. The lowest BCUT2D eigenvalue weighted by Gasteiger charge is -2.00. The molecule has 0 fully saturated rings. The van der Waals surface area contributed by atoms with E-state index in [1.54, 1.807) is 7.05 Å². The van der Waals surface area contributed by atoms with Crippen molar-refractivity contribution in [2.45, 2.75) is 39.0 Å². The summed E-state index contributed by atoms with van der Waals surface area (Å²) in [4.78, 5) is 8.12. The molecule has 0 unspecified atom stereocenters. The molecule has 0 aromatic heterocycles. The number of amidine groups is 2. The highest BCUT2D eigenvalue weighted by Crippen LogP contribution is 1.96. The van der Waals surface area contributed by atoms with Gasteiger partial charge in [0, 0.05) is 26.4 Å². The molecule has 4 heteroatoms. The lowest BCUT2D eigenvalue weighted by molar-refractivity contribution is 0.799. The quantitative estimate of drug-likeness (QED) is 0.367. The molecule has 14 heavy (non-hydrogen) atoms. The molecule has 82 valence electrons. The van der Waals surface area contributed by atoms with E-state index >= 15 is 0 Å². The summed E-state index contributed by atoms with van der Waals surface area (Å²) in [5, 5.41) is 0. The molecule has 4 nitrogen and oxygen atoms in total. The van der Waals surface area contributed by atoms with Gasteiger partial charge in [0.2, 0.25) is 0 Å². The van der Waals surface area contributed by atoms with Crippen LogP contribution in [-0.2, 0) is 0 Å². The Kier molecular flexibility index (Phi) is 7.89. The van der Waals surface area contributed by atoms with Gasteiger partial charge in [-0.2, -0.15) is 0 Å². The van der Waals surface area contributed by atoms with Crippen molar-refractivity contribution in [3.63, 3.8) is 0 Å². The molecule has 0 aromatic rings. The highest BCUT2D eigenvalue weighted by molar-refractivity contribution is 5.82. The molecule has 0 aliphatic carbocycles. The van der Waals surface area contributed by atoms with Gasteiger partial charge in [-0.25, -0.2) is 0 Å². The first-order valence-corrected chi connectivity index (χ1v) is 5.20. The van der Waals surface area contributed by atoms with Gasteiger partial charge in [0.15, 0.2) is 0 Å². The summed E-state index contributed by atoms with van der Waals surface area (Å²) in [5.41, 5.74) is 11.3. The molecule has 0 spiro atoms. The third-order valence-corrected chi connectivity index (χ3v) is 1.98. The van der Waals surface area contributed by atoms with Gasteiger partial charge >= 0.3 is 0 Å². The van der Waals surface area contributed by atoms with Crippen LogP contribution in [0.1, 0.15) is 39.0 Å². The Bertz CT molecular complexity index is 196. The zero-order valence-corrected chi connectivity index (χ0v) is 9.29. The molecule has 0 aromatic carbocycles. The van der Waals surface area contributed by atoms with Crippen LogP contribution in [0.4, 0.5) is 0 Å². The molecule has 0 atom stereocenters. The minimum atomic E-state index is 0.686. The standard InChI is InChI=1S/C10H22N4/c1-3-4-8-14-10(12)7-5-6-9(11)13-2/h3-8H2,1-2H3,(H2,11,13)(H2,12,14). The van der Waals surface area contributed by atoms with Gasteiger partial charge in [0.1, 0.15) is 0 Å². The topological polar surface area (TPSA) is 76.8 Å². The molecule has 0 saturated carbocycles. The van der Waals surface area contributed by atoms with Crippen molar-refractivity contribution >= 4 is 11.7 Å². The lowest BCUT2D eigenvalue weighted by atomic mass is 10.2. The fraction of sp³-hybridized carbons (Fsp3) is 0.800. The lowest BCUT2D eigenvalue weighted by Crippen LogP contribution is -2.15. The van der Waals surface area contributed by atoms with Gasteiger partial charge < -0.3 is 11.5 Å². The Hall–Kier alpha value is -1.06. The second-order valence-corrected chi connectivity index (χ2v) is 3.30. The Balaban J connectivity index is 3.52. The molecule has 4 N–H and O–H groups in total. The van der Waals surface area contributed by atoms with Crippen molar-refractivity contribution in [3.8, 4) is 0 Å². The van der Waals surface area contributed by atoms with E-state index in [1.165, 1.54) is 0 Å². The van der Waals surface area contributed by atoms with Crippen LogP contribution in [0.3, 0.4) is 0 Å². The monoisotopic (exact) mass is 198 g/mol. The molecular weight excluding hydrogens is 176 g/mol. The number of nitrogens with zero attached hydrogens (tertiary/aromatic N) is 2. The molecule has 0 rings (SSSR count). The van der Waals surface area contributed by atoms with Crippen molar-refractivity contribution in [1.82, 2.24) is 0 Å². The summed E-state index contributed by atoms with van der Waals surface area (Å²) in [6.07, 6.45) is 4.83. The summed E-state index contributed by atoms with van der Waals surface area (Å²) < 4.78 is 0. The first kappa shape index (κ1) is 12.9. The van der Waals surface area contributed by atoms with Gasteiger partial charge in [-0.05, 0) is 12.8 Å². The molecule has 0 radical (unpaired) electrons. The number of rotatable bonds is 7. The Labute approximate surface area is 86.5 Å². The second kappa shape index (κ2) is 8.53. The van der Waals surface area contributed by atoms with Gasteiger partial charge in [0.05, 0.1) is 11.7 Å². The van der Waals surface area contributed by atoms with Crippen LogP contribution >= 0.6 is 0 Å². The Morgan fingerprint density at radius 1 is 1.07 bits per heavy atom. The van der Waals surface area contributed by atoms with Gasteiger partial charge in [-0.15, -0.1) is 0 Å². The molecule has 0 amide bonds. The van der Waals surface area contributed by atoms with E-state index in [2.05, 4.69) is 16.9 Å². The minimum Gasteiger partial charge on any atom is -0.387 e. The molecule has 0 aliphatic heterocycles. The summed E-state index contributed by atoms with van der Waals surface area (Å²) in [5.74, 6) is 1.42. The van der Waals surface area contributed by atoms with Crippen LogP contribution in [0.2, 0.25) is 0 Å². The molecule has 0 saturated heterocycles. The average Bonchev–Trinajstić information content (AvgIpc) is 2.18. The maximum Gasteiger partial charge on any atom is 0.0937 e. The van der Waals surface area contributed by atoms with E-state index in [0.29, 0.717) is 5.84 Å². The van der Waals surface area contributed by atoms with Crippen LogP contribution in [-0.4, -0.2) is 25.3 Å². The molecule has 0 aliphatic rings. The summed E-state index contributed by atoms with van der Waals surface area (Å²) >= 11 is 0. The smallest absolute Gasteiger partial charge is 0.0937 e. The van der Waals surface area contributed by atoms with Crippen LogP contribution in [0.25, 0.3) is 0 Å². The van der Waals surface area contributed by atoms with E-state index in [1.807, 2.05) is 0 Å². The highest BCUT2D eigenvalue weighted by Gasteiger charge is 1.95. The zero-order chi connectivity index (χ0) is 10.8. The molecule has 0 heterocycles. The maximum atomic E-state index is 5.71. The number of nitrogens with two attached hydrogens (primary N) is 2. The van der Waals surface area contributed by atoms with Gasteiger partial charge in [0.25, 0.3) is 0 Å². The number of hydrogen-bond donors (Lipinski definition) is 2. The fourth-order valence-electron chi connectivity index (χ4n) is 1.02. The van der Waals surface area contributed by atoms with Crippen LogP contribution in [0, 0.1) is 0 Å². The first-order chi connectivity index (χ1) is 6.70. The van der Waals surface area contributed by atoms with E-state index < -0.39 is 0 Å². The predicted molar refractivity (Wildman–Crippen MR) is 62.8 cm³/mol. The average molecular weight is 198 g/mol. The third-order valence-electron chi connectivity index (χ3n) is 1.98. The van der Waals surface area contributed by atoms with Crippen LogP contribution in [0.5, 0.6) is 0 Å². The minimum absolute atomic E-state index is 0.686. The first-order valence-electron chi connectivity index (χ1n) is 5.20. The normalized spacial score (nSPS) is 13.3. The van der Waals surface area contributed by atoms with Crippen molar-refractivity contribution in [3.05, 3.63) is 0 Å². The predicted octanol–water partition coefficient (Wildman–Crippen LogP) is 1.30. The molecular formula is C10H22N4. The SMILES string of the molecule is CCCCN=C(N)CCCC(N)=NC. The number of unbranched alkanes of at least 4 members (excludes halogenated alkanes) is 1. The van der Waals surface area contributed by atoms with Gasteiger partial charge in [-0.1, -0.05) is 13.3 Å². The third kappa shape index (κ3) is 7.58. The molecule has 0 bridgehead atoms. The number of hydrogen-bond acceptors (Lipinski definition) is 2. The fourth-order valence-corrected chi connectivity index (χ4v) is 1.02. The Morgan fingerprint density at radius 2 is 1.71 bits per heavy atom. The van der Waals surface area contributed by atoms with E-state index in [0.717, 1.165) is 44.5 Å². The van der Waals surface area contributed by atoms with Crippen molar-refractivity contribution in [2.24, 2.45) is 21.5 Å². The highest BCUT2D eigenvalue weighted by atomic mass is 14.8. The zero-order valence-electron chi connectivity index (χ0n) is 9.29. The van der Waals surface area contributed by atoms with Gasteiger partial charge in [-0.3, -0.25) is 9.98 Å². The van der Waals surface area contributed by atoms with Crippen LogP contribution < -0.4 is 11.5 Å². The summed E-state index contributed by atoms with van der Waals surface area (Å²) in [6, 6.07) is 0. The van der Waals surface area contributed by atoms with E-state index in [9.17, 15) is 0 Å². The maximum absolute atomic E-state index is 5.71. The van der Waals surface area contributed by atoms with Crippen molar-refractivity contribution in [2.75, 3.05) is 13.6 Å². The van der Waals surface area contributed by atoms with E-state index in [4.69, 9.17) is 11.5 Å². The second-order valence-electron chi connectivity index (χ2n) is 3.30. The van der Waals surface area contributed by atoms with E-state index in [-0.39, 0.29) is 0 Å². The van der Waals surface area contributed by atoms with Crippen LogP contribution in [0.15, 0.2) is 9.98 Å².